The summed E-state index contributed by atoms with van der Waals surface area (Å²) in [5.41, 5.74) is 1.41. The summed E-state index contributed by atoms with van der Waals surface area (Å²) in [5.74, 6) is -0.0817. The van der Waals surface area contributed by atoms with Gasteiger partial charge in [-0.25, -0.2) is 0 Å². The molecule has 2 aromatic rings. The first-order chi connectivity index (χ1) is 10.3. The van der Waals surface area contributed by atoms with Gasteiger partial charge in [-0.15, -0.1) is 0 Å². The number of Topliss-reactive ketones (excluding diaryl/α,β-unsaturated/α-hetero) is 1. The number of carbonyl (C=O) groups is 1. The van der Waals surface area contributed by atoms with Gasteiger partial charge >= 0.3 is 6.18 Å². The normalized spacial score (nSPS) is 11.5. The lowest BCUT2D eigenvalue weighted by atomic mass is 10.0. The van der Waals surface area contributed by atoms with Crippen LogP contribution >= 0.6 is 11.6 Å². The second-order valence-corrected chi connectivity index (χ2v) is 5.49. The molecule has 0 radical (unpaired) electrons. The first kappa shape index (κ1) is 16.6. The molecule has 0 saturated carbocycles. The molecule has 2 rings (SSSR count). The molecule has 0 aliphatic heterocycles. The molecule has 0 N–H and O–H groups in total. The molecule has 0 fully saturated rings. The standard InChI is InChI=1S/C17H14ClF3O/c1-11-2-6-13(10-15(11)18)16(22)9-5-12-3-7-14(8-4-12)17(19,20)21/h2-4,6-8,10H,5,9H2,1H3. The summed E-state index contributed by atoms with van der Waals surface area (Å²) in [4.78, 5) is 12.1. The smallest absolute Gasteiger partial charge is 0.294 e. The SMILES string of the molecule is Cc1ccc(C(=O)CCc2ccc(C(F)(F)F)cc2)cc1Cl. The fourth-order valence-electron chi connectivity index (χ4n) is 2.03. The molecule has 0 bridgehead atoms. The zero-order valence-electron chi connectivity index (χ0n) is 11.9. The zero-order valence-corrected chi connectivity index (χ0v) is 12.6. The average molecular weight is 327 g/mol. The van der Waals surface area contributed by atoms with Crippen LogP contribution in [0.4, 0.5) is 13.2 Å². The molecule has 0 aliphatic rings. The van der Waals surface area contributed by atoms with Gasteiger partial charge in [0.25, 0.3) is 0 Å². The van der Waals surface area contributed by atoms with E-state index in [9.17, 15) is 18.0 Å². The monoisotopic (exact) mass is 326 g/mol. The maximum atomic E-state index is 12.5. The van der Waals surface area contributed by atoms with Gasteiger partial charge in [0.1, 0.15) is 0 Å². The van der Waals surface area contributed by atoms with Crippen molar-refractivity contribution in [2.24, 2.45) is 0 Å². The highest BCUT2D eigenvalue weighted by atomic mass is 35.5. The summed E-state index contributed by atoms with van der Waals surface area (Å²) < 4.78 is 37.4. The van der Waals surface area contributed by atoms with Crippen molar-refractivity contribution < 1.29 is 18.0 Å². The van der Waals surface area contributed by atoms with Gasteiger partial charge in [-0.1, -0.05) is 35.9 Å². The molecule has 0 aromatic heterocycles. The van der Waals surface area contributed by atoms with Crippen LogP contribution in [0.25, 0.3) is 0 Å². The minimum atomic E-state index is -4.34. The van der Waals surface area contributed by atoms with Gasteiger partial charge in [0, 0.05) is 17.0 Å². The fourth-order valence-corrected chi connectivity index (χ4v) is 2.21. The number of benzene rings is 2. The van der Waals surface area contributed by atoms with E-state index in [1.165, 1.54) is 12.1 Å². The molecule has 0 saturated heterocycles. The van der Waals surface area contributed by atoms with Gasteiger partial charge < -0.3 is 0 Å². The third-order valence-electron chi connectivity index (χ3n) is 3.42. The van der Waals surface area contributed by atoms with E-state index in [2.05, 4.69) is 0 Å². The molecular weight excluding hydrogens is 313 g/mol. The van der Waals surface area contributed by atoms with Gasteiger partial charge in [-0.05, 0) is 42.7 Å². The molecular formula is C17H14ClF3O. The van der Waals surface area contributed by atoms with Gasteiger partial charge in [-0.3, -0.25) is 4.79 Å². The molecule has 116 valence electrons. The molecule has 0 heterocycles. The largest absolute Gasteiger partial charge is 0.416 e. The molecule has 0 aliphatic carbocycles. The van der Waals surface area contributed by atoms with E-state index in [1.54, 1.807) is 18.2 Å². The highest BCUT2D eigenvalue weighted by Crippen LogP contribution is 2.29. The van der Waals surface area contributed by atoms with Crippen molar-refractivity contribution in [1.29, 1.82) is 0 Å². The summed E-state index contributed by atoms with van der Waals surface area (Å²) in [7, 11) is 0. The van der Waals surface area contributed by atoms with Gasteiger partial charge in [0.2, 0.25) is 0 Å². The average Bonchev–Trinajstić information content (AvgIpc) is 2.47. The molecule has 2 aromatic carbocycles. The molecule has 0 unspecified atom stereocenters. The molecule has 5 heteroatoms. The quantitative estimate of drug-likeness (QED) is 0.680. The van der Waals surface area contributed by atoms with Crippen LogP contribution in [0.15, 0.2) is 42.5 Å². The Bertz CT molecular complexity index is 675. The first-order valence-corrected chi connectivity index (χ1v) is 7.10. The minimum absolute atomic E-state index is 0.0817. The van der Waals surface area contributed by atoms with E-state index >= 15 is 0 Å². The van der Waals surface area contributed by atoms with Crippen LogP contribution in [0.1, 0.15) is 33.5 Å². The van der Waals surface area contributed by atoms with E-state index in [0.717, 1.165) is 17.7 Å². The van der Waals surface area contributed by atoms with Crippen molar-refractivity contribution in [3.63, 3.8) is 0 Å². The van der Waals surface area contributed by atoms with E-state index in [4.69, 9.17) is 11.6 Å². The van der Waals surface area contributed by atoms with Crippen LogP contribution in [0.5, 0.6) is 0 Å². The lowest BCUT2D eigenvalue weighted by Crippen LogP contribution is -2.05. The third kappa shape index (κ3) is 4.10. The second kappa shape index (κ2) is 6.53. The van der Waals surface area contributed by atoms with Crippen LogP contribution in [0.3, 0.4) is 0 Å². The second-order valence-electron chi connectivity index (χ2n) is 5.08. The summed E-state index contributed by atoms with van der Waals surface area (Å²) in [6.45, 7) is 1.85. The van der Waals surface area contributed by atoms with E-state index < -0.39 is 11.7 Å². The predicted molar refractivity (Wildman–Crippen MR) is 80.3 cm³/mol. The summed E-state index contributed by atoms with van der Waals surface area (Å²) in [6.07, 6.45) is -3.72. The molecule has 22 heavy (non-hydrogen) atoms. The topological polar surface area (TPSA) is 17.1 Å². The number of alkyl halides is 3. The Kier molecular flexibility index (Phi) is 4.91. The Labute approximate surface area is 131 Å². The number of halogens is 4. The zero-order chi connectivity index (χ0) is 16.3. The Balaban J connectivity index is 2.00. The number of aryl methyl sites for hydroxylation is 2. The summed E-state index contributed by atoms with van der Waals surface area (Å²) in [5, 5.41) is 0.528. The first-order valence-electron chi connectivity index (χ1n) is 6.73. The van der Waals surface area contributed by atoms with Gasteiger partial charge in [0.15, 0.2) is 5.78 Å². The molecule has 1 nitrogen and oxygen atoms in total. The molecule has 0 atom stereocenters. The summed E-state index contributed by atoms with van der Waals surface area (Å²) in [6, 6.07) is 9.96. The maximum absolute atomic E-state index is 12.5. The Morgan fingerprint density at radius 2 is 1.73 bits per heavy atom. The van der Waals surface area contributed by atoms with E-state index in [0.29, 0.717) is 22.6 Å². The maximum Gasteiger partial charge on any atom is 0.416 e. The summed E-state index contributed by atoms with van der Waals surface area (Å²) >= 11 is 5.98. The number of carbonyl (C=O) groups excluding carboxylic acids is 1. The van der Waals surface area contributed by atoms with Crippen LogP contribution in [-0.2, 0) is 12.6 Å². The van der Waals surface area contributed by atoms with Gasteiger partial charge in [-0.2, -0.15) is 13.2 Å². The van der Waals surface area contributed by atoms with Crippen molar-refractivity contribution in [1.82, 2.24) is 0 Å². The van der Waals surface area contributed by atoms with Gasteiger partial charge in [0.05, 0.1) is 5.56 Å². The number of ketones is 1. The van der Waals surface area contributed by atoms with Crippen molar-refractivity contribution in [2.75, 3.05) is 0 Å². The van der Waals surface area contributed by atoms with Crippen molar-refractivity contribution in [2.45, 2.75) is 25.9 Å². The number of hydrogen-bond acceptors (Lipinski definition) is 1. The Morgan fingerprint density at radius 1 is 1.09 bits per heavy atom. The van der Waals surface area contributed by atoms with E-state index in [1.807, 2.05) is 6.92 Å². The lowest BCUT2D eigenvalue weighted by molar-refractivity contribution is -0.137. The van der Waals surface area contributed by atoms with Crippen LogP contribution in [0, 0.1) is 6.92 Å². The van der Waals surface area contributed by atoms with Crippen LogP contribution in [0.2, 0.25) is 5.02 Å². The van der Waals surface area contributed by atoms with Crippen molar-refractivity contribution in [3.8, 4) is 0 Å². The highest BCUT2D eigenvalue weighted by molar-refractivity contribution is 6.31. The number of hydrogen-bond donors (Lipinski definition) is 0. The highest BCUT2D eigenvalue weighted by Gasteiger charge is 2.29. The number of rotatable bonds is 4. The Hall–Kier alpha value is -1.81. The third-order valence-corrected chi connectivity index (χ3v) is 3.82. The van der Waals surface area contributed by atoms with Crippen LogP contribution in [-0.4, -0.2) is 5.78 Å². The molecule has 0 spiro atoms. The Morgan fingerprint density at radius 3 is 2.27 bits per heavy atom. The van der Waals surface area contributed by atoms with Crippen molar-refractivity contribution in [3.05, 3.63) is 69.7 Å². The molecule has 0 amide bonds. The predicted octanol–water partition coefficient (Wildman–Crippen LogP) is 5.48. The van der Waals surface area contributed by atoms with Crippen molar-refractivity contribution >= 4 is 17.4 Å². The lowest BCUT2D eigenvalue weighted by Gasteiger charge is -2.08. The minimum Gasteiger partial charge on any atom is -0.294 e. The fraction of sp³-hybridized carbons (Fsp3) is 0.235. The van der Waals surface area contributed by atoms with Crippen LogP contribution < -0.4 is 0 Å². The van der Waals surface area contributed by atoms with E-state index in [-0.39, 0.29) is 12.2 Å².